The number of hydrogen-bond acceptors (Lipinski definition) is 2. The molecular formula is C14H22NO2+. The summed E-state index contributed by atoms with van der Waals surface area (Å²) in [5.41, 5.74) is 0.968. The molecule has 1 aliphatic carbocycles. The summed E-state index contributed by atoms with van der Waals surface area (Å²) >= 11 is 0. The summed E-state index contributed by atoms with van der Waals surface area (Å²) in [6.07, 6.45) is 6.71. The number of methoxy groups -OCH3 is 1. The Hall–Kier alpha value is -1.22. The Bertz CT molecular complexity index is 359. The first kappa shape index (κ1) is 12.2. The minimum atomic E-state index is 0.294. The normalized spacial score (nSPS) is 17.0. The fraction of sp³-hybridized carbons (Fsp3) is 0.571. The van der Waals surface area contributed by atoms with Crippen molar-refractivity contribution < 1.29 is 15.2 Å². The quantitative estimate of drug-likeness (QED) is 0.837. The van der Waals surface area contributed by atoms with Crippen LogP contribution in [0.2, 0.25) is 0 Å². The summed E-state index contributed by atoms with van der Waals surface area (Å²) in [6, 6.07) is 6.42. The molecule has 0 aromatic heterocycles. The Morgan fingerprint density at radius 1 is 1.29 bits per heavy atom. The highest BCUT2D eigenvalue weighted by Gasteiger charge is 2.17. The highest BCUT2D eigenvalue weighted by molar-refractivity contribution is 5.44. The lowest BCUT2D eigenvalue weighted by atomic mass is 9.95. The summed E-state index contributed by atoms with van der Waals surface area (Å²) in [7, 11) is 1.59. The molecule has 1 aromatic rings. The Morgan fingerprint density at radius 3 is 2.76 bits per heavy atom. The second-order valence-corrected chi connectivity index (χ2v) is 4.81. The van der Waals surface area contributed by atoms with Crippen LogP contribution in [-0.2, 0) is 6.54 Å². The summed E-state index contributed by atoms with van der Waals surface area (Å²) in [5.74, 6) is 0.863. The zero-order valence-corrected chi connectivity index (χ0v) is 10.5. The lowest BCUT2D eigenvalue weighted by Gasteiger charge is -2.20. The maximum absolute atomic E-state index is 9.97. The number of phenolic OH excluding ortho intramolecular Hbond substituents is 1. The van der Waals surface area contributed by atoms with Gasteiger partial charge in [-0.15, -0.1) is 0 Å². The van der Waals surface area contributed by atoms with Gasteiger partial charge in [0.1, 0.15) is 6.54 Å². The third kappa shape index (κ3) is 3.13. The van der Waals surface area contributed by atoms with E-state index >= 15 is 0 Å². The molecule has 0 bridgehead atoms. The molecule has 1 aromatic carbocycles. The third-order valence-electron chi connectivity index (χ3n) is 3.62. The van der Waals surface area contributed by atoms with E-state index in [1.807, 2.05) is 12.1 Å². The second-order valence-electron chi connectivity index (χ2n) is 4.81. The van der Waals surface area contributed by atoms with Crippen LogP contribution >= 0.6 is 0 Å². The zero-order valence-electron chi connectivity index (χ0n) is 10.5. The Balaban J connectivity index is 1.93. The van der Waals surface area contributed by atoms with Gasteiger partial charge in [0, 0.05) is 0 Å². The molecule has 2 rings (SSSR count). The standard InChI is InChI=1S/C14H21NO2/c1-17-13-9-5-6-11(14(13)16)10-15-12-7-3-2-4-8-12/h5-6,9,12,15-16H,2-4,7-8,10H2,1H3/p+1. The average molecular weight is 236 g/mol. The molecule has 3 nitrogen and oxygen atoms in total. The fourth-order valence-electron chi connectivity index (χ4n) is 2.56. The summed E-state index contributed by atoms with van der Waals surface area (Å²) < 4.78 is 5.11. The SMILES string of the molecule is COc1cccc(C[NH2+]C2CCCCC2)c1O. The highest BCUT2D eigenvalue weighted by atomic mass is 16.5. The molecule has 17 heavy (non-hydrogen) atoms. The molecular weight excluding hydrogens is 214 g/mol. The first-order chi connectivity index (χ1) is 8.31. The van der Waals surface area contributed by atoms with Gasteiger partial charge in [0.05, 0.1) is 18.7 Å². The Labute approximate surface area is 103 Å². The largest absolute Gasteiger partial charge is 0.504 e. The van der Waals surface area contributed by atoms with Crippen LogP contribution in [0.25, 0.3) is 0 Å². The van der Waals surface area contributed by atoms with E-state index in [2.05, 4.69) is 5.32 Å². The van der Waals surface area contributed by atoms with Crippen molar-refractivity contribution in [1.82, 2.24) is 0 Å². The van der Waals surface area contributed by atoms with Crippen molar-refractivity contribution in [3.05, 3.63) is 23.8 Å². The summed E-state index contributed by atoms with van der Waals surface area (Å²) in [4.78, 5) is 0. The molecule has 0 saturated heterocycles. The van der Waals surface area contributed by atoms with Gasteiger partial charge in [0.25, 0.3) is 0 Å². The lowest BCUT2D eigenvalue weighted by molar-refractivity contribution is -0.706. The van der Waals surface area contributed by atoms with E-state index < -0.39 is 0 Å². The van der Waals surface area contributed by atoms with E-state index in [1.54, 1.807) is 13.2 Å². The number of phenols is 1. The maximum atomic E-state index is 9.97. The summed E-state index contributed by atoms with van der Waals surface area (Å²) in [5, 5.41) is 12.3. The molecule has 0 heterocycles. The van der Waals surface area contributed by atoms with Gasteiger partial charge in [0.2, 0.25) is 0 Å². The lowest BCUT2D eigenvalue weighted by Crippen LogP contribution is -2.88. The van der Waals surface area contributed by atoms with E-state index in [0.717, 1.165) is 18.2 Å². The van der Waals surface area contributed by atoms with E-state index in [9.17, 15) is 5.11 Å². The van der Waals surface area contributed by atoms with E-state index in [0.29, 0.717) is 11.5 Å². The first-order valence-electron chi connectivity index (χ1n) is 6.49. The highest BCUT2D eigenvalue weighted by Crippen LogP contribution is 2.28. The molecule has 0 aliphatic heterocycles. The van der Waals surface area contributed by atoms with Crippen molar-refractivity contribution >= 4 is 0 Å². The molecule has 94 valence electrons. The van der Waals surface area contributed by atoms with Crippen LogP contribution in [0.3, 0.4) is 0 Å². The minimum Gasteiger partial charge on any atom is -0.504 e. The number of ether oxygens (including phenoxy) is 1. The predicted octanol–water partition coefficient (Wildman–Crippen LogP) is 1.80. The number of para-hydroxylation sites is 1. The van der Waals surface area contributed by atoms with Crippen molar-refractivity contribution in [1.29, 1.82) is 0 Å². The van der Waals surface area contributed by atoms with Crippen molar-refractivity contribution in [2.24, 2.45) is 0 Å². The minimum absolute atomic E-state index is 0.294. The topological polar surface area (TPSA) is 46.1 Å². The van der Waals surface area contributed by atoms with Gasteiger partial charge in [-0.2, -0.15) is 0 Å². The van der Waals surface area contributed by atoms with Gasteiger partial charge in [-0.3, -0.25) is 0 Å². The van der Waals surface area contributed by atoms with Crippen LogP contribution < -0.4 is 10.1 Å². The first-order valence-corrected chi connectivity index (χ1v) is 6.49. The number of rotatable bonds is 4. The van der Waals surface area contributed by atoms with Crippen LogP contribution in [0.5, 0.6) is 11.5 Å². The molecule has 0 spiro atoms. The van der Waals surface area contributed by atoms with Gasteiger partial charge in [0.15, 0.2) is 11.5 Å². The number of nitrogens with two attached hydrogens (primary N) is 1. The molecule has 0 unspecified atom stereocenters. The van der Waals surface area contributed by atoms with Crippen LogP contribution in [-0.4, -0.2) is 18.3 Å². The van der Waals surface area contributed by atoms with E-state index in [-0.39, 0.29) is 0 Å². The molecule has 1 aliphatic rings. The van der Waals surface area contributed by atoms with Crippen LogP contribution in [0.4, 0.5) is 0 Å². The van der Waals surface area contributed by atoms with Crippen molar-refractivity contribution in [2.45, 2.75) is 44.7 Å². The predicted molar refractivity (Wildman–Crippen MR) is 67.2 cm³/mol. The molecule has 1 fully saturated rings. The molecule has 0 radical (unpaired) electrons. The van der Waals surface area contributed by atoms with Gasteiger partial charge in [-0.1, -0.05) is 12.5 Å². The zero-order chi connectivity index (χ0) is 12.1. The molecule has 3 heteroatoms. The number of aromatic hydroxyl groups is 1. The Morgan fingerprint density at radius 2 is 2.06 bits per heavy atom. The average Bonchev–Trinajstić information content (AvgIpc) is 2.39. The van der Waals surface area contributed by atoms with E-state index in [1.165, 1.54) is 32.1 Å². The van der Waals surface area contributed by atoms with Crippen LogP contribution in [0.15, 0.2) is 18.2 Å². The molecule has 1 saturated carbocycles. The molecule has 0 atom stereocenters. The van der Waals surface area contributed by atoms with Crippen molar-refractivity contribution in [2.75, 3.05) is 7.11 Å². The number of hydrogen-bond donors (Lipinski definition) is 2. The van der Waals surface area contributed by atoms with Gasteiger partial charge >= 0.3 is 0 Å². The van der Waals surface area contributed by atoms with Crippen LogP contribution in [0, 0.1) is 0 Å². The van der Waals surface area contributed by atoms with Gasteiger partial charge in [-0.25, -0.2) is 0 Å². The fourth-order valence-corrected chi connectivity index (χ4v) is 2.56. The number of quaternary nitrogens is 1. The smallest absolute Gasteiger partial charge is 0.166 e. The molecule has 0 amide bonds. The third-order valence-corrected chi connectivity index (χ3v) is 3.62. The van der Waals surface area contributed by atoms with Crippen LogP contribution in [0.1, 0.15) is 37.7 Å². The van der Waals surface area contributed by atoms with Gasteiger partial charge in [-0.05, 0) is 37.8 Å². The monoisotopic (exact) mass is 236 g/mol. The molecule has 3 N–H and O–H groups in total. The number of benzene rings is 1. The van der Waals surface area contributed by atoms with Crippen molar-refractivity contribution in [3.8, 4) is 11.5 Å². The Kier molecular flexibility index (Phi) is 4.26. The maximum Gasteiger partial charge on any atom is 0.166 e. The second kappa shape index (κ2) is 5.92. The van der Waals surface area contributed by atoms with E-state index in [4.69, 9.17) is 4.74 Å². The van der Waals surface area contributed by atoms with Gasteiger partial charge < -0.3 is 15.2 Å². The summed E-state index contributed by atoms with van der Waals surface area (Å²) in [6.45, 7) is 0.841. The van der Waals surface area contributed by atoms with Crippen molar-refractivity contribution in [3.63, 3.8) is 0 Å².